The second kappa shape index (κ2) is 6.15. The Bertz CT molecular complexity index is 488. The van der Waals surface area contributed by atoms with Crippen LogP contribution >= 0.6 is 27.5 Å². The van der Waals surface area contributed by atoms with Crippen LogP contribution in [0.5, 0.6) is 0 Å². The van der Waals surface area contributed by atoms with Gasteiger partial charge in [0.05, 0.1) is 5.02 Å². The summed E-state index contributed by atoms with van der Waals surface area (Å²) in [6, 6.07) is 9.96. The van der Waals surface area contributed by atoms with Crippen molar-refractivity contribution in [3.05, 3.63) is 63.3 Å². The summed E-state index contributed by atoms with van der Waals surface area (Å²) in [5.74, 6) is 0. The Morgan fingerprint density at radius 2 is 2.00 bits per heavy atom. The summed E-state index contributed by atoms with van der Waals surface area (Å²) >= 11 is 9.40. The lowest BCUT2D eigenvalue weighted by Gasteiger charge is -2.06. The molecule has 0 atom stereocenters. The zero-order valence-corrected chi connectivity index (χ0v) is 11.5. The number of rotatable bonds is 4. The molecule has 88 valence electrons. The van der Waals surface area contributed by atoms with Gasteiger partial charge in [0.2, 0.25) is 0 Å². The average Bonchev–Trinajstić information content (AvgIpc) is 2.35. The molecule has 0 fully saturated rings. The van der Waals surface area contributed by atoms with Gasteiger partial charge >= 0.3 is 0 Å². The summed E-state index contributed by atoms with van der Waals surface area (Å²) in [4.78, 5) is 4.07. The van der Waals surface area contributed by atoms with Crippen LogP contribution in [0.1, 0.15) is 11.1 Å². The van der Waals surface area contributed by atoms with Crippen molar-refractivity contribution in [1.29, 1.82) is 0 Å². The molecule has 1 heterocycles. The van der Waals surface area contributed by atoms with Gasteiger partial charge in [-0.1, -0.05) is 23.7 Å². The largest absolute Gasteiger partial charge is 0.309 e. The van der Waals surface area contributed by atoms with Gasteiger partial charge < -0.3 is 5.32 Å². The zero-order chi connectivity index (χ0) is 12.1. The molecule has 2 nitrogen and oxygen atoms in total. The van der Waals surface area contributed by atoms with Crippen molar-refractivity contribution in [3.8, 4) is 0 Å². The van der Waals surface area contributed by atoms with Gasteiger partial charge in [-0.15, -0.1) is 0 Å². The van der Waals surface area contributed by atoms with Gasteiger partial charge in [-0.3, -0.25) is 4.98 Å². The summed E-state index contributed by atoms with van der Waals surface area (Å²) < 4.78 is 0.926. The first-order chi connectivity index (χ1) is 8.25. The number of hydrogen-bond acceptors (Lipinski definition) is 2. The van der Waals surface area contributed by atoms with Crippen molar-refractivity contribution < 1.29 is 0 Å². The molecule has 4 heteroatoms. The number of aromatic nitrogens is 1. The maximum Gasteiger partial charge on any atom is 0.0551 e. The number of nitrogens with zero attached hydrogens (tertiary/aromatic N) is 1. The highest BCUT2D eigenvalue weighted by molar-refractivity contribution is 9.10. The van der Waals surface area contributed by atoms with E-state index in [9.17, 15) is 0 Å². The van der Waals surface area contributed by atoms with Crippen LogP contribution in [-0.2, 0) is 13.1 Å². The van der Waals surface area contributed by atoms with E-state index in [4.69, 9.17) is 11.6 Å². The topological polar surface area (TPSA) is 24.9 Å². The van der Waals surface area contributed by atoms with E-state index in [1.807, 2.05) is 30.5 Å². The summed E-state index contributed by atoms with van der Waals surface area (Å²) in [6.45, 7) is 1.60. The molecule has 1 N–H and O–H groups in total. The van der Waals surface area contributed by atoms with E-state index in [1.165, 1.54) is 11.1 Å². The Labute approximate surface area is 114 Å². The standard InChI is InChI=1S/C13H12BrClN2/c14-12-4-3-10(6-13(12)15)7-17-9-11-2-1-5-16-8-11/h1-6,8,17H,7,9H2. The Kier molecular flexibility index (Phi) is 4.54. The summed E-state index contributed by atoms with van der Waals surface area (Å²) in [5, 5.41) is 4.09. The molecule has 0 aliphatic heterocycles. The van der Waals surface area contributed by atoms with E-state index in [-0.39, 0.29) is 0 Å². The molecule has 0 aliphatic rings. The molecular formula is C13H12BrClN2. The Morgan fingerprint density at radius 1 is 1.18 bits per heavy atom. The Balaban J connectivity index is 1.88. The number of hydrogen-bond donors (Lipinski definition) is 1. The van der Waals surface area contributed by atoms with Gasteiger partial charge in [-0.2, -0.15) is 0 Å². The third-order valence-electron chi connectivity index (χ3n) is 2.37. The fraction of sp³-hybridized carbons (Fsp3) is 0.154. The van der Waals surface area contributed by atoms with Crippen molar-refractivity contribution in [2.45, 2.75) is 13.1 Å². The van der Waals surface area contributed by atoms with E-state index in [0.29, 0.717) is 0 Å². The quantitative estimate of drug-likeness (QED) is 0.929. The van der Waals surface area contributed by atoms with Crippen molar-refractivity contribution in [2.75, 3.05) is 0 Å². The highest BCUT2D eigenvalue weighted by atomic mass is 79.9. The molecule has 0 bridgehead atoms. The van der Waals surface area contributed by atoms with Crippen LogP contribution in [0.15, 0.2) is 47.2 Å². The van der Waals surface area contributed by atoms with Gasteiger partial charge in [-0.05, 0) is 45.3 Å². The molecule has 0 unspecified atom stereocenters. The van der Waals surface area contributed by atoms with Crippen LogP contribution < -0.4 is 5.32 Å². The molecule has 0 spiro atoms. The van der Waals surface area contributed by atoms with Crippen molar-refractivity contribution >= 4 is 27.5 Å². The van der Waals surface area contributed by atoms with Crippen LogP contribution in [0, 0.1) is 0 Å². The smallest absolute Gasteiger partial charge is 0.0551 e. The van der Waals surface area contributed by atoms with E-state index in [1.54, 1.807) is 6.20 Å². The van der Waals surface area contributed by atoms with E-state index >= 15 is 0 Å². The van der Waals surface area contributed by atoms with Crippen molar-refractivity contribution in [2.24, 2.45) is 0 Å². The van der Waals surface area contributed by atoms with Gasteiger partial charge in [0.25, 0.3) is 0 Å². The van der Waals surface area contributed by atoms with Crippen LogP contribution in [0.2, 0.25) is 5.02 Å². The van der Waals surface area contributed by atoms with Crippen LogP contribution in [0.3, 0.4) is 0 Å². The molecule has 1 aromatic carbocycles. The molecule has 1 aromatic heterocycles. The minimum absolute atomic E-state index is 0.741. The molecule has 0 aliphatic carbocycles. The maximum absolute atomic E-state index is 6.03. The predicted octanol–water partition coefficient (Wildman–Crippen LogP) is 3.79. The van der Waals surface area contributed by atoms with Gasteiger partial charge in [0, 0.05) is 30.0 Å². The van der Waals surface area contributed by atoms with E-state index in [2.05, 4.69) is 32.3 Å². The first-order valence-corrected chi connectivity index (χ1v) is 6.46. The second-order valence-corrected chi connectivity index (χ2v) is 4.97. The number of halogens is 2. The molecule has 0 saturated heterocycles. The molecule has 17 heavy (non-hydrogen) atoms. The molecule has 0 saturated carbocycles. The van der Waals surface area contributed by atoms with Crippen LogP contribution in [-0.4, -0.2) is 4.98 Å². The number of nitrogens with one attached hydrogen (secondary N) is 1. The normalized spacial score (nSPS) is 10.5. The van der Waals surface area contributed by atoms with Gasteiger partial charge in [0.1, 0.15) is 0 Å². The van der Waals surface area contributed by atoms with Gasteiger partial charge in [0.15, 0.2) is 0 Å². The fourth-order valence-electron chi connectivity index (χ4n) is 1.50. The van der Waals surface area contributed by atoms with Crippen molar-refractivity contribution in [1.82, 2.24) is 10.3 Å². The number of pyridine rings is 1. The SMILES string of the molecule is Clc1cc(CNCc2cccnc2)ccc1Br. The average molecular weight is 312 g/mol. The minimum Gasteiger partial charge on any atom is -0.309 e. The highest BCUT2D eigenvalue weighted by Crippen LogP contribution is 2.23. The monoisotopic (exact) mass is 310 g/mol. The molecule has 2 aromatic rings. The lowest BCUT2D eigenvalue weighted by Crippen LogP contribution is -2.12. The van der Waals surface area contributed by atoms with Crippen LogP contribution in [0.4, 0.5) is 0 Å². The zero-order valence-electron chi connectivity index (χ0n) is 9.16. The van der Waals surface area contributed by atoms with Gasteiger partial charge in [-0.25, -0.2) is 0 Å². The van der Waals surface area contributed by atoms with E-state index in [0.717, 1.165) is 22.6 Å². The highest BCUT2D eigenvalue weighted by Gasteiger charge is 1.99. The molecule has 0 amide bonds. The first-order valence-electron chi connectivity index (χ1n) is 5.29. The minimum atomic E-state index is 0.741. The number of benzene rings is 1. The third kappa shape index (κ3) is 3.80. The lowest BCUT2D eigenvalue weighted by molar-refractivity contribution is 0.691. The summed E-state index contributed by atoms with van der Waals surface area (Å²) in [6.07, 6.45) is 3.64. The predicted molar refractivity (Wildman–Crippen MR) is 73.9 cm³/mol. The van der Waals surface area contributed by atoms with Crippen molar-refractivity contribution in [3.63, 3.8) is 0 Å². The fourth-order valence-corrected chi connectivity index (χ4v) is 1.95. The molecule has 2 rings (SSSR count). The van der Waals surface area contributed by atoms with Crippen LogP contribution in [0.25, 0.3) is 0 Å². The second-order valence-electron chi connectivity index (χ2n) is 3.71. The summed E-state index contributed by atoms with van der Waals surface area (Å²) in [5.41, 5.74) is 2.35. The molecular weight excluding hydrogens is 300 g/mol. The Morgan fingerprint density at radius 3 is 2.71 bits per heavy atom. The third-order valence-corrected chi connectivity index (χ3v) is 3.60. The first kappa shape index (κ1) is 12.6. The van der Waals surface area contributed by atoms with E-state index < -0.39 is 0 Å². The maximum atomic E-state index is 6.03. The Hall–Kier alpha value is -0.900. The summed E-state index contributed by atoms with van der Waals surface area (Å²) in [7, 11) is 0. The molecule has 0 radical (unpaired) electrons. The lowest BCUT2D eigenvalue weighted by atomic mass is 10.2.